The van der Waals surface area contributed by atoms with Crippen LogP contribution in [0.15, 0.2) is 41.7 Å². The first-order chi connectivity index (χ1) is 13.8. The Morgan fingerprint density at radius 1 is 1.28 bits per heavy atom. The van der Waals surface area contributed by atoms with Crippen LogP contribution in [0.25, 0.3) is 11.2 Å². The molecular formula is C17H15N5O7. The SMILES string of the molecule is O=C(O)c1ccc(NC(=O)[C@@H]2C[C@@H](O)[C@](O)(n3cnc4c(=O)[nH]cnc43)O2)cc1. The number of carbonyl (C=O) groups excluding carboxylic acids is 1. The van der Waals surface area contributed by atoms with Gasteiger partial charge in [0.05, 0.1) is 11.9 Å². The Labute approximate surface area is 161 Å². The van der Waals surface area contributed by atoms with Gasteiger partial charge in [-0.25, -0.2) is 14.8 Å². The van der Waals surface area contributed by atoms with Gasteiger partial charge in [0.15, 0.2) is 11.2 Å². The highest BCUT2D eigenvalue weighted by Crippen LogP contribution is 2.35. The number of carbonyl (C=O) groups is 2. The van der Waals surface area contributed by atoms with Crippen molar-refractivity contribution >= 4 is 28.7 Å². The van der Waals surface area contributed by atoms with Gasteiger partial charge < -0.3 is 30.4 Å². The number of rotatable bonds is 4. The molecule has 0 aliphatic carbocycles. The molecule has 0 unspecified atom stereocenters. The number of hydrogen-bond acceptors (Lipinski definition) is 8. The number of benzene rings is 1. The summed E-state index contributed by atoms with van der Waals surface area (Å²) in [6.45, 7) is 0. The largest absolute Gasteiger partial charge is 0.478 e. The first kappa shape index (κ1) is 18.7. The van der Waals surface area contributed by atoms with E-state index in [0.29, 0.717) is 5.69 Å². The molecule has 150 valence electrons. The minimum atomic E-state index is -2.36. The van der Waals surface area contributed by atoms with Gasteiger partial charge in [0, 0.05) is 12.1 Å². The van der Waals surface area contributed by atoms with Crippen molar-refractivity contribution in [3.63, 3.8) is 0 Å². The quantitative estimate of drug-likeness (QED) is 0.374. The number of hydrogen-bond donors (Lipinski definition) is 5. The summed E-state index contributed by atoms with van der Waals surface area (Å²) in [6, 6.07) is 5.44. The van der Waals surface area contributed by atoms with Crippen molar-refractivity contribution in [2.24, 2.45) is 0 Å². The zero-order valence-corrected chi connectivity index (χ0v) is 14.6. The lowest BCUT2D eigenvalue weighted by Gasteiger charge is -2.27. The minimum Gasteiger partial charge on any atom is -0.478 e. The molecule has 1 amide bonds. The fourth-order valence-corrected chi connectivity index (χ4v) is 3.07. The van der Waals surface area contributed by atoms with Gasteiger partial charge >= 0.3 is 5.97 Å². The van der Waals surface area contributed by atoms with Crippen LogP contribution < -0.4 is 10.9 Å². The topological polar surface area (TPSA) is 180 Å². The molecular weight excluding hydrogens is 386 g/mol. The van der Waals surface area contributed by atoms with E-state index in [1.165, 1.54) is 24.3 Å². The molecule has 3 aromatic rings. The van der Waals surface area contributed by atoms with E-state index in [-0.39, 0.29) is 23.1 Å². The summed E-state index contributed by atoms with van der Waals surface area (Å²) in [4.78, 5) is 45.3. The minimum absolute atomic E-state index is 0.0272. The number of H-pyrrole nitrogens is 1. The fourth-order valence-electron chi connectivity index (χ4n) is 3.07. The number of nitrogens with one attached hydrogen (secondary N) is 2. The van der Waals surface area contributed by atoms with Crippen molar-refractivity contribution in [2.75, 3.05) is 5.32 Å². The van der Waals surface area contributed by atoms with Crippen molar-refractivity contribution in [2.45, 2.75) is 24.5 Å². The Morgan fingerprint density at radius 3 is 2.69 bits per heavy atom. The van der Waals surface area contributed by atoms with E-state index in [0.717, 1.165) is 17.2 Å². The summed E-state index contributed by atoms with van der Waals surface area (Å²) < 4.78 is 6.40. The summed E-state index contributed by atoms with van der Waals surface area (Å²) in [6.07, 6.45) is -0.780. The molecule has 1 aromatic carbocycles. The first-order valence-corrected chi connectivity index (χ1v) is 8.43. The van der Waals surface area contributed by atoms with E-state index < -0.39 is 35.6 Å². The number of aliphatic hydroxyl groups excluding tert-OH is 1. The second kappa shape index (κ2) is 6.77. The molecule has 1 saturated heterocycles. The van der Waals surface area contributed by atoms with E-state index in [1.54, 1.807) is 0 Å². The Hall–Kier alpha value is -3.61. The van der Waals surface area contributed by atoms with E-state index in [1.807, 2.05) is 0 Å². The third kappa shape index (κ3) is 3.14. The summed E-state index contributed by atoms with van der Waals surface area (Å²) in [5, 5.41) is 32.6. The Balaban J connectivity index is 1.55. The number of amides is 1. The number of aliphatic hydroxyl groups is 2. The molecule has 0 spiro atoms. The standard InChI is InChI=1S/C17H15N5O7/c23-11-5-10(14(24)21-9-3-1-8(2-4-9)16(26)27)29-17(11,28)22-7-20-12-13(22)18-6-19-15(12)25/h1-4,6-7,10-11,23,28H,5H2,(H,21,24)(H,26,27)(H,18,19,25)/t10-,11+,17+/m0/s1. The van der Waals surface area contributed by atoms with E-state index in [9.17, 15) is 24.6 Å². The van der Waals surface area contributed by atoms with Crippen LogP contribution in [0.2, 0.25) is 0 Å². The smallest absolute Gasteiger partial charge is 0.335 e. The zero-order chi connectivity index (χ0) is 20.8. The van der Waals surface area contributed by atoms with Crippen LogP contribution in [0, 0.1) is 0 Å². The Morgan fingerprint density at radius 2 is 2.00 bits per heavy atom. The van der Waals surface area contributed by atoms with Crippen molar-refractivity contribution < 1.29 is 29.6 Å². The molecule has 5 N–H and O–H groups in total. The second-order valence-corrected chi connectivity index (χ2v) is 6.41. The Bertz CT molecular complexity index is 1150. The lowest BCUT2D eigenvalue weighted by Crippen LogP contribution is -2.43. The van der Waals surface area contributed by atoms with Crippen molar-refractivity contribution in [3.8, 4) is 0 Å². The monoisotopic (exact) mass is 401 g/mol. The number of fused-ring (bicyclic) bond motifs is 1. The van der Waals surface area contributed by atoms with Gasteiger partial charge in [-0.2, -0.15) is 0 Å². The molecule has 4 rings (SSSR count). The molecule has 1 fully saturated rings. The predicted molar refractivity (Wildman–Crippen MR) is 95.9 cm³/mol. The number of anilines is 1. The average molecular weight is 401 g/mol. The zero-order valence-electron chi connectivity index (χ0n) is 14.6. The number of ether oxygens (including phenoxy) is 1. The van der Waals surface area contributed by atoms with E-state index >= 15 is 0 Å². The molecule has 3 atom stereocenters. The van der Waals surface area contributed by atoms with Gasteiger partial charge in [-0.3, -0.25) is 14.2 Å². The molecule has 0 bridgehead atoms. The van der Waals surface area contributed by atoms with Crippen LogP contribution >= 0.6 is 0 Å². The first-order valence-electron chi connectivity index (χ1n) is 8.43. The summed E-state index contributed by atoms with van der Waals surface area (Å²) in [5.74, 6) is -4.11. The molecule has 1 aliphatic heterocycles. The van der Waals surface area contributed by atoms with Crippen LogP contribution in [-0.2, 0) is 15.4 Å². The maximum absolute atomic E-state index is 12.5. The molecule has 0 saturated carbocycles. The summed E-state index contributed by atoms with van der Waals surface area (Å²) in [5.41, 5.74) is -0.262. The van der Waals surface area contributed by atoms with Crippen molar-refractivity contribution in [1.82, 2.24) is 19.5 Å². The second-order valence-electron chi connectivity index (χ2n) is 6.41. The number of carboxylic acids is 1. The van der Waals surface area contributed by atoms with Crippen LogP contribution in [-0.4, -0.2) is 58.9 Å². The highest BCUT2D eigenvalue weighted by Gasteiger charge is 2.52. The molecule has 3 heterocycles. The molecule has 1 aliphatic rings. The number of aromatic carboxylic acids is 1. The van der Waals surface area contributed by atoms with Crippen LogP contribution in [0.3, 0.4) is 0 Å². The maximum atomic E-state index is 12.5. The normalized spacial score (nSPS) is 23.9. The predicted octanol–water partition coefficient (Wildman–Crippen LogP) is -0.791. The highest BCUT2D eigenvalue weighted by molar-refractivity contribution is 5.95. The van der Waals surface area contributed by atoms with E-state index in [4.69, 9.17) is 9.84 Å². The van der Waals surface area contributed by atoms with Gasteiger partial charge in [-0.1, -0.05) is 0 Å². The van der Waals surface area contributed by atoms with Crippen molar-refractivity contribution in [1.29, 1.82) is 0 Å². The molecule has 12 heteroatoms. The fraction of sp³-hybridized carbons (Fsp3) is 0.235. The Kier molecular flexibility index (Phi) is 4.38. The van der Waals surface area contributed by atoms with Crippen LogP contribution in [0.5, 0.6) is 0 Å². The molecule has 0 radical (unpaired) electrons. The number of nitrogens with zero attached hydrogens (tertiary/aromatic N) is 3. The number of imidazole rings is 1. The van der Waals surface area contributed by atoms with Crippen LogP contribution in [0.1, 0.15) is 16.8 Å². The number of aromatic amines is 1. The van der Waals surface area contributed by atoms with Gasteiger partial charge in [-0.05, 0) is 24.3 Å². The average Bonchev–Trinajstić information content (AvgIpc) is 3.25. The maximum Gasteiger partial charge on any atom is 0.335 e. The van der Waals surface area contributed by atoms with E-state index in [2.05, 4.69) is 20.3 Å². The summed E-state index contributed by atoms with van der Waals surface area (Å²) in [7, 11) is 0. The third-order valence-corrected chi connectivity index (χ3v) is 4.56. The summed E-state index contributed by atoms with van der Waals surface area (Å²) >= 11 is 0. The van der Waals surface area contributed by atoms with Crippen molar-refractivity contribution in [3.05, 3.63) is 52.8 Å². The van der Waals surface area contributed by atoms with Gasteiger partial charge in [-0.15, -0.1) is 0 Å². The van der Waals surface area contributed by atoms with Gasteiger partial charge in [0.2, 0.25) is 0 Å². The lowest BCUT2D eigenvalue weighted by atomic mass is 10.1. The molecule has 2 aromatic heterocycles. The lowest BCUT2D eigenvalue weighted by molar-refractivity contribution is -0.281. The molecule has 29 heavy (non-hydrogen) atoms. The van der Waals surface area contributed by atoms with Gasteiger partial charge in [0.25, 0.3) is 17.4 Å². The van der Waals surface area contributed by atoms with Gasteiger partial charge in [0.1, 0.15) is 18.5 Å². The third-order valence-electron chi connectivity index (χ3n) is 4.56. The highest BCUT2D eigenvalue weighted by atomic mass is 16.7. The number of carboxylic acid groups (broad SMARTS) is 1. The number of aromatic nitrogens is 4. The van der Waals surface area contributed by atoms with Crippen LogP contribution in [0.4, 0.5) is 5.69 Å². The molecule has 12 nitrogen and oxygen atoms in total.